The summed E-state index contributed by atoms with van der Waals surface area (Å²) in [5.74, 6) is 0.755. The van der Waals surface area contributed by atoms with E-state index in [-0.39, 0.29) is 5.75 Å². The molecule has 2 N–H and O–H groups in total. The Morgan fingerprint density at radius 3 is 3.00 bits per heavy atom. The second-order valence-corrected chi connectivity index (χ2v) is 4.09. The Balaban J connectivity index is 2.18. The third-order valence-electron chi connectivity index (χ3n) is 2.65. The zero-order valence-corrected chi connectivity index (χ0v) is 9.97. The lowest BCUT2D eigenvalue weighted by Crippen LogP contribution is -2.23. The first-order valence-electron chi connectivity index (χ1n) is 5.60. The average Bonchev–Trinajstić information content (AvgIpc) is 2.77. The fourth-order valence-electron chi connectivity index (χ4n) is 1.59. The number of aromatic hydroxyl groups is 1. The molecule has 0 bridgehead atoms. The molecule has 4 nitrogen and oxygen atoms in total. The third-order valence-corrected chi connectivity index (χ3v) is 2.65. The lowest BCUT2D eigenvalue weighted by molar-refractivity contribution is 0.475. The van der Waals surface area contributed by atoms with E-state index in [1.165, 1.54) is 0 Å². The Kier molecular flexibility index (Phi) is 3.44. The third kappa shape index (κ3) is 2.85. The second kappa shape index (κ2) is 5.01. The Hall–Kier alpha value is -1.81. The van der Waals surface area contributed by atoms with Crippen LogP contribution in [0.5, 0.6) is 5.75 Å². The van der Waals surface area contributed by atoms with Crippen molar-refractivity contribution >= 4 is 0 Å². The number of oxazole rings is 1. The van der Waals surface area contributed by atoms with Gasteiger partial charge in [-0.15, -0.1) is 0 Å². The van der Waals surface area contributed by atoms with Crippen molar-refractivity contribution < 1.29 is 9.52 Å². The smallest absolute Gasteiger partial charge is 0.226 e. The summed E-state index contributed by atoms with van der Waals surface area (Å²) in [7, 11) is 1.92. The van der Waals surface area contributed by atoms with E-state index in [1.807, 2.05) is 13.1 Å². The minimum Gasteiger partial charge on any atom is -0.508 e. The van der Waals surface area contributed by atoms with Gasteiger partial charge in [0.05, 0.1) is 5.69 Å². The molecular formula is C13H16N2O2. The molecule has 0 aliphatic rings. The quantitative estimate of drug-likeness (QED) is 0.848. The van der Waals surface area contributed by atoms with Gasteiger partial charge >= 0.3 is 0 Å². The van der Waals surface area contributed by atoms with Crippen molar-refractivity contribution in [3.63, 3.8) is 0 Å². The highest BCUT2D eigenvalue weighted by molar-refractivity contribution is 5.55. The summed E-state index contributed by atoms with van der Waals surface area (Å²) in [6.45, 7) is 2.09. The summed E-state index contributed by atoms with van der Waals surface area (Å²) < 4.78 is 5.40. The first kappa shape index (κ1) is 11.7. The average molecular weight is 232 g/mol. The van der Waals surface area contributed by atoms with E-state index in [0.717, 1.165) is 17.7 Å². The topological polar surface area (TPSA) is 58.3 Å². The number of benzene rings is 1. The number of hydrogen-bond donors (Lipinski definition) is 2. The molecule has 2 aromatic rings. The van der Waals surface area contributed by atoms with E-state index >= 15 is 0 Å². The van der Waals surface area contributed by atoms with Crippen LogP contribution in [0.2, 0.25) is 0 Å². The van der Waals surface area contributed by atoms with Crippen molar-refractivity contribution in [2.45, 2.75) is 19.4 Å². The fourth-order valence-corrected chi connectivity index (χ4v) is 1.59. The van der Waals surface area contributed by atoms with Gasteiger partial charge in [0.2, 0.25) is 5.89 Å². The number of likely N-dealkylation sites (N-methyl/N-ethyl adjacent to an activating group) is 1. The number of nitrogens with one attached hydrogen (secondary N) is 1. The number of nitrogens with zero attached hydrogens (tertiary/aromatic N) is 1. The van der Waals surface area contributed by atoms with Crippen LogP contribution in [0.15, 0.2) is 34.9 Å². The number of rotatable bonds is 4. The summed E-state index contributed by atoms with van der Waals surface area (Å²) in [6, 6.07) is 7.24. The normalized spacial score (nSPS) is 12.6. The molecule has 0 spiro atoms. The van der Waals surface area contributed by atoms with Crippen LogP contribution in [0.25, 0.3) is 11.5 Å². The molecule has 1 aromatic carbocycles. The largest absolute Gasteiger partial charge is 0.508 e. The molecule has 1 atom stereocenters. The molecule has 1 aromatic heterocycles. The summed E-state index contributed by atoms with van der Waals surface area (Å²) in [6.07, 6.45) is 2.48. The maximum atomic E-state index is 9.39. The Bertz CT molecular complexity index is 494. The molecule has 4 heteroatoms. The predicted octanol–water partition coefficient (Wildman–Crippen LogP) is 2.20. The Morgan fingerprint density at radius 1 is 1.47 bits per heavy atom. The molecule has 0 amide bonds. The van der Waals surface area contributed by atoms with Crippen molar-refractivity contribution in [1.29, 1.82) is 0 Å². The van der Waals surface area contributed by atoms with Crippen LogP contribution in [-0.2, 0) is 6.42 Å². The first-order chi connectivity index (χ1) is 8.19. The van der Waals surface area contributed by atoms with E-state index in [0.29, 0.717) is 11.9 Å². The molecule has 0 radical (unpaired) electrons. The molecule has 0 saturated heterocycles. The van der Waals surface area contributed by atoms with Crippen LogP contribution >= 0.6 is 0 Å². The maximum Gasteiger partial charge on any atom is 0.226 e. The lowest BCUT2D eigenvalue weighted by Gasteiger charge is -2.05. The van der Waals surface area contributed by atoms with Crippen LogP contribution in [0.3, 0.4) is 0 Å². The molecule has 0 saturated carbocycles. The van der Waals surface area contributed by atoms with Crippen LogP contribution in [0.1, 0.15) is 12.6 Å². The van der Waals surface area contributed by atoms with Crippen LogP contribution < -0.4 is 5.32 Å². The van der Waals surface area contributed by atoms with E-state index in [4.69, 9.17) is 4.42 Å². The summed E-state index contributed by atoms with van der Waals surface area (Å²) in [5.41, 5.74) is 1.69. The van der Waals surface area contributed by atoms with Gasteiger partial charge in [-0.3, -0.25) is 0 Å². The summed E-state index contributed by atoms with van der Waals surface area (Å²) >= 11 is 0. The van der Waals surface area contributed by atoms with Crippen molar-refractivity contribution in [1.82, 2.24) is 10.3 Å². The molecule has 17 heavy (non-hydrogen) atoms. The molecule has 1 heterocycles. The van der Waals surface area contributed by atoms with Crippen LogP contribution in [-0.4, -0.2) is 23.2 Å². The van der Waals surface area contributed by atoms with E-state index < -0.39 is 0 Å². The number of hydrogen-bond acceptors (Lipinski definition) is 4. The van der Waals surface area contributed by atoms with Gasteiger partial charge in [0.25, 0.3) is 0 Å². The van der Waals surface area contributed by atoms with Crippen molar-refractivity contribution in [3.8, 4) is 17.2 Å². The van der Waals surface area contributed by atoms with Gasteiger partial charge in [-0.2, -0.15) is 0 Å². The molecule has 0 aliphatic carbocycles. The number of aromatic nitrogens is 1. The van der Waals surface area contributed by atoms with Gasteiger partial charge in [0.1, 0.15) is 12.0 Å². The standard InChI is InChI=1S/C13H16N2O2/c1-9(14-2)6-11-8-17-13(15-11)10-4-3-5-12(16)7-10/h3-5,7-9,14,16H,6H2,1-2H3. The highest BCUT2D eigenvalue weighted by Crippen LogP contribution is 2.22. The van der Waals surface area contributed by atoms with E-state index in [9.17, 15) is 5.11 Å². The molecular weight excluding hydrogens is 216 g/mol. The minimum absolute atomic E-state index is 0.214. The maximum absolute atomic E-state index is 9.39. The lowest BCUT2D eigenvalue weighted by atomic mass is 10.2. The van der Waals surface area contributed by atoms with Gasteiger partial charge in [0.15, 0.2) is 0 Å². The van der Waals surface area contributed by atoms with Gasteiger partial charge in [0, 0.05) is 18.0 Å². The number of phenols is 1. The van der Waals surface area contributed by atoms with Crippen LogP contribution in [0, 0.1) is 0 Å². The zero-order valence-electron chi connectivity index (χ0n) is 9.97. The first-order valence-corrected chi connectivity index (χ1v) is 5.60. The molecule has 0 fully saturated rings. The zero-order chi connectivity index (χ0) is 12.3. The van der Waals surface area contributed by atoms with E-state index in [1.54, 1.807) is 24.5 Å². The second-order valence-electron chi connectivity index (χ2n) is 4.09. The monoisotopic (exact) mass is 232 g/mol. The van der Waals surface area contributed by atoms with Crippen molar-refractivity contribution in [3.05, 3.63) is 36.2 Å². The highest BCUT2D eigenvalue weighted by Gasteiger charge is 2.09. The van der Waals surface area contributed by atoms with Crippen molar-refractivity contribution in [2.24, 2.45) is 0 Å². The molecule has 0 aliphatic heterocycles. The molecule has 2 rings (SSSR count). The minimum atomic E-state index is 0.214. The Labute approximate surface area is 100 Å². The predicted molar refractivity (Wildman–Crippen MR) is 65.8 cm³/mol. The van der Waals surface area contributed by atoms with Gasteiger partial charge in [-0.05, 0) is 32.2 Å². The summed E-state index contributed by atoms with van der Waals surface area (Å²) in [4.78, 5) is 4.39. The highest BCUT2D eigenvalue weighted by atomic mass is 16.3. The Morgan fingerprint density at radius 2 is 2.29 bits per heavy atom. The SMILES string of the molecule is CNC(C)Cc1coc(-c2cccc(O)c2)n1. The van der Waals surface area contributed by atoms with Gasteiger partial charge < -0.3 is 14.8 Å². The van der Waals surface area contributed by atoms with Gasteiger partial charge in [-0.25, -0.2) is 4.98 Å². The van der Waals surface area contributed by atoms with Gasteiger partial charge in [-0.1, -0.05) is 6.07 Å². The summed E-state index contributed by atoms with van der Waals surface area (Å²) in [5, 5.41) is 12.5. The fraction of sp³-hybridized carbons (Fsp3) is 0.308. The molecule has 90 valence electrons. The van der Waals surface area contributed by atoms with Crippen molar-refractivity contribution in [2.75, 3.05) is 7.05 Å². The van der Waals surface area contributed by atoms with E-state index in [2.05, 4.69) is 17.2 Å². The van der Waals surface area contributed by atoms with Crippen LogP contribution in [0.4, 0.5) is 0 Å². The number of phenolic OH excluding ortho intramolecular Hbond substituents is 1. The molecule has 1 unspecified atom stereocenters.